The molecule has 1 aliphatic carbocycles. The van der Waals surface area contributed by atoms with E-state index in [-0.39, 0.29) is 0 Å². The largest absolute Gasteiger partial charge is 0.463 e. The summed E-state index contributed by atoms with van der Waals surface area (Å²) in [7, 11) is 0. The molecule has 6 heteroatoms. The quantitative estimate of drug-likeness (QED) is 0.675. The summed E-state index contributed by atoms with van der Waals surface area (Å²) < 4.78 is 5.61. The number of pyridine rings is 1. The topological polar surface area (TPSA) is 88.5 Å². The number of fused-ring (bicyclic) bond motifs is 2. The molecule has 1 atom stereocenters. The zero-order valence-electron chi connectivity index (χ0n) is 13.0. The van der Waals surface area contributed by atoms with Crippen LogP contribution in [0.3, 0.4) is 0 Å². The lowest BCUT2D eigenvalue weighted by molar-refractivity contribution is 0.315. The number of aliphatic imine (C=N–C) groups is 1. The smallest absolute Gasteiger partial charge is 0.202 e. The number of guanidine groups is 1. The second-order valence-corrected chi connectivity index (χ2v) is 6.38. The molecule has 5 rings (SSSR count). The van der Waals surface area contributed by atoms with Gasteiger partial charge in [-0.2, -0.15) is 0 Å². The molecular formula is C18H17N5O. The van der Waals surface area contributed by atoms with Gasteiger partial charge in [0.2, 0.25) is 5.96 Å². The van der Waals surface area contributed by atoms with Crippen molar-refractivity contribution >= 4 is 28.1 Å². The molecule has 0 radical (unpaired) electrons. The minimum atomic E-state index is -0.801. The standard InChI is InChI=1S/C18H17N5O/c19-18(12-5-6-12)16-14(7-8-24-16)21-17(23-18)22-15-10-20-9-11-3-1-2-4-13(11)15/h1-4,7-10,12H,5-6,19H2,(H2,21,22,23). The predicted molar refractivity (Wildman–Crippen MR) is 93.7 cm³/mol. The Hall–Kier alpha value is -2.86. The van der Waals surface area contributed by atoms with Gasteiger partial charge in [0.25, 0.3) is 0 Å². The summed E-state index contributed by atoms with van der Waals surface area (Å²) in [4.78, 5) is 9.04. The molecule has 0 spiro atoms. The van der Waals surface area contributed by atoms with Crippen LogP contribution < -0.4 is 16.4 Å². The van der Waals surface area contributed by atoms with Gasteiger partial charge in [-0.05, 0) is 12.8 Å². The van der Waals surface area contributed by atoms with Gasteiger partial charge in [-0.25, -0.2) is 4.99 Å². The van der Waals surface area contributed by atoms with E-state index in [1.165, 1.54) is 0 Å². The van der Waals surface area contributed by atoms with E-state index in [0.29, 0.717) is 17.6 Å². The molecule has 0 amide bonds. The normalized spacial score (nSPS) is 22.6. The van der Waals surface area contributed by atoms with Crippen molar-refractivity contribution in [1.29, 1.82) is 0 Å². The Kier molecular flexibility index (Phi) is 2.72. The van der Waals surface area contributed by atoms with Gasteiger partial charge in [0.15, 0.2) is 11.4 Å². The molecular weight excluding hydrogens is 302 g/mol. The Morgan fingerprint density at radius 1 is 1.21 bits per heavy atom. The maximum absolute atomic E-state index is 6.60. The molecule has 24 heavy (non-hydrogen) atoms. The Bertz CT molecular complexity index is 953. The average molecular weight is 319 g/mol. The summed E-state index contributed by atoms with van der Waals surface area (Å²) in [6, 6.07) is 9.99. The average Bonchev–Trinajstić information content (AvgIpc) is 3.35. The second kappa shape index (κ2) is 4.82. The Balaban J connectivity index is 1.56. The minimum Gasteiger partial charge on any atom is -0.463 e. The first kappa shape index (κ1) is 13.6. The third-order valence-electron chi connectivity index (χ3n) is 4.70. The number of hydrogen-bond donors (Lipinski definition) is 3. The summed E-state index contributed by atoms with van der Waals surface area (Å²) in [6.45, 7) is 0. The lowest BCUT2D eigenvalue weighted by Gasteiger charge is -2.30. The number of nitrogens with one attached hydrogen (secondary N) is 2. The summed E-state index contributed by atoms with van der Waals surface area (Å²) in [5.41, 5.74) is 7.56. The fourth-order valence-electron chi connectivity index (χ4n) is 3.31. The SMILES string of the molecule is NC1(C2CC2)N=C(Nc2cncc3ccccc23)Nc2ccoc21. The monoisotopic (exact) mass is 319 g/mol. The number of rotatable bonds is 2. The van der Waals surface area contributed by atoms with Crippen molar-refractivity contribution in [3.63, 3.8) is 0 Å². The van der Waals surface area contributed by atoms with Crippen LogP contribution in [-0.2, 0) is 5.66 Å². The minimum absolute atomic E-state index is 0.326. The van der Waals surface area contributed by atoms with E-state index >= 15 is 0 Å². The van der Waals surface area contributed by atoms with Gasteiger partial charge >= 0.3 is 0 Å². The van der Waals surface area contributed by atoms with Crippen LogP contribution in [0.4, 0.5) is 11.4 Å². The molecule has 2 aliphatic rings. The van der Waals surface area contributed by atoms with Gasteiger partial charge in [0.05, 0.1) is 23.8 Å². The van der Waals surface area contributed by atoms with E-state index in [1.807, 2.05) is 30.5 Å². The highest BCUT2D eigenvalue weighted by atomic mass is 16.3. The van der Waals surface area contributed by atoms with Gasteiger partial charge in [-0.3, -0.25) is 4.98 Å². The molecule has 3 aromatic rings. The zero-order chi connectivity index (χ0) is 16.1. The second-order valence-electron chi connectivity index (χ2n) is 6.38. The molecule has 1 saturated carbocycles. The number of nitrogens with two attached hydrogens (primary N) is 1. The number of hydrogen-bond acceptors (Lipinski definition) is 6. The van der Waals surface area contributed by atoms with E-state index in [1.54, 1.807) is 12.5 Å². The Morgan fingerprint density at radius 2 is 2.08 bits per heavy atom. The lowest BCUT2D eigenvalue weighted by Crippen LogP contribution is -2.44. The maximum Gasteiger partial charge on any atom is 0.202 e. The molecule has 1 aliphatic heterocycles. The summed E-state index contributed by atoms with van der Waals surface area (Å²) in [5.74, 6) is 1.66. The van der Waals surface area contributed by atoms with Crippen molar-refractivity contribution in [2.75, 3.05) is 10.6 Å². The molecule has 2 aromatic heterocycles. The van der Waals surface area contributed by atoms with Crippen LogP contribution in [-0.4, -0.2) is 10.9 Å². The maximum atomic E-state index is 6.60. The molecule has 0 saturated heterocycles. The predicted octanol–water partition coefficient (Wildman–Crippen LogP) is 3.24. The van der Waals surface area contributed by atoms with Gasteiger partial charge in [0.1, 0.15) is 0 Å². The third-order valence-corrected chi connectivity index (χ3v) is 4.70. The molecule has 0 bridgehead atoms. The van der Waals surface area contributed by atoms with Crippen LogP contribution in [0.2, 0.25) is 0 Å². The van der Waals surface area contributed by atoms with Crippen LogP contribution >= 0.6 is 0 Å². The highest BCUT2D eigenvalue weighted by Crippen LogP contribution is 2.48. The van der Waals surface area contributed by atoms with Crippen molar-refractivity contribution < 1.29 is 4.42 Å². The van der Waals surface area contributed by atoms with Crippen molar-refractivity contribution in [2.24, 2.45) is 16.6 Å². The molecule has 3 heterocycles. The fourth-order valence-corrected chi connectivity index (χ4v) is 3.31. The van der Waals surface area contributed by atoms with E-state index in [9.17, 15) is 0 Å². The van der Waals surface area contributed by atoms with E-state index in [0.717, 1.165) is 35.0 Å². The number of anilines is 2. The molecule has 6 nitrogen and oxygen atoms in total. The molecule has 120 valence electrons. The summed E-state index contributed by atoms with van der Waals surface area (Å²) in [5, 5.41) is 8.77. The van der Waals surface area contributed by atoms with Crippen LogP contribution in [0.5, 0.6) is 0 Å². The summed E-state index contributed by atoms with van der Waals surface area (Å²) >= 11 is 0. The van der Waals surface area contributed by atoms with Crippen LogP contribution in [0.25, 0.3) is 10.8 Å². The number of benzene rings is 1. The summed E-state index contributed by atoms with van der Waals surface area (Å²) in [6.07, 6.45) is 7.45. The highest BCUT2D eigenvalue weighted by molar-refractivity contribution is 6.09. The zero-order valence-corrected chi connectivity index (χ0v) is 13.0. The Labute approximate surface area is 138 Å². The fraction of sp³-hybridized carbons (Fsp3) is 0.222. The van der Waals surface area contributed by atoms with Gasteiger partial charge in [-0.1, -0.05) is 24.3 Å². The van der Waals surface area contributed by atoms with Crippen LogP contribution in [0, 0.1) is 5.92 Å². The van der Waals surface area contributed by atoms with Gasteiger partial charge in [0, 0.05) is 29.0 Å². The van der Waals surface area contributed by atoms with E-state index < -0.39 is 5.66 Å². The molecule has 1 fully saturated rings. The third kappa shape index (κ3) is 2.00. The first-order chi connectivity index (χ1) is 11.7. The van der Waals surface area contributed by atoms with Crippen LogP contribution in [0.1, 0.15) is 18.6 Å². The first-order valence-electron chi connectivity index (χ1n) is 8.07. The van der Waals surface area contributed by atoms with Gasteiger partial charge in [-0.15, -0.1) is 0 Å². The van der Waals surface area contributed by atoms with Gasteiger partial charge < -0.3 is 20.8 Å². The molecule has 1 aromatic carbocycles. The highest BCUT2D eigenvalue weighted by Gasteiger charge is 2.49. The number of aromatic nitrogens is 1. The Morgan fingerprint density at radius 3 is 2.96 bits per heavy atom. The molecule has 1 unspecified atom stereocenters. The van der Waals surface area contributed by atoms with Crippen molar-refractivity contribution in [2.45, 2.75) is 18.5 Å². The lowest BCUT2D eigenvalue weighted by atomic mass is 10.0. The van der Waals surface area contributed by atoms with E-state index in [4.69, 9.17) is 15.1 Å². The van der Waals surface area contributed by atoms with Crippen molar-refractivity contribution in [3.05, 3.63) is 54.7 Å². The van der Waals surface area contributed by atoms with E-state index in [2.05, 4.69) is 21.7 Å². The first-order valence-corrected chi connectivity index (χ1v) is 8.07. The van der Waals surface area contributed by atoms with Crippen LogP contribution in [0.15, 0.2) is 58.4 Å². The number of nitrogens with zero attached hydrogens (tertiary/aromatic N) is 2. The number of furan rings is 1. The molecule has 4 N–H and O–H groups in total. The van der Waals surface area contributed by atoms with Crippen molar-refractivity contribution in [1.82, 2.24) is 4.98 Å². The van der Waals surface area contributed by atoms with Crippen molar-refractivity contribution in [3.8, 4) is 0 Å².